The van der Waals surface area contributed by atoms with Crippen LogP contribution in [0.25, 0.3) is 6.08 Å². The molecule has 0 unspecified atom stereocenters. The minimum atomic E-state index is -0.167. The maximum atomic E-state index is 13.0. The number of hydrogen-bond donors (Lipinski definition) is 1. The predicted molar refractivity (Wildman–Crippen MR) is 121 cm³/mol. The zero-order chi connectivity index (χ0) is 20.5. The molecule has 2 heterocycles. The van der Waals surface area contributed by atoms with E-state index in [1.54, 1.807) is 24.3 Å². The van der Waals surface area contributed by atoms with Crippen LogP contribution in [0, 0.1) is 0 Å². The summed E-state index contributed by atoms with van der Waals surface area (Å²) in [6.07, 6.45) is 3.73. The van der Waals surface area contributed by atoms with Crippen LogP contribution in [0.5, 0.6) is 5.75 Å². The zero-order valence-electron chi connectivity index (χ0n) is 15.8. The Balaban J connectivity index is 1.60. The Morgan fingerprint density at radius 3 is 2.66 bits per heavy atom. The quantitative estimate of drug-likeness (QED) is 0.571. The standard InChI is InChI=1S/C22H18N2O3S2/c1-13-16(11-15-5-3-4-6-19(15)27-13)12-20-21(26)24(22(28)29-20)18-9-7-17(8-10-18)23-14(2)25/h3-13H,1-2H3,(H,23,25)/b20-12+/t13-/m1/s1. The van der Waals surface area contributed by atoms with E-state index in [-0.39, 0.29) is 17.9 Å². The maximum absolute atomic E-state index is 13.0. The van der Waals surface area contributed by atoms with E-state index >= 15 is 0 Å². The molecule has 2 aliphatic rings. The number of rotatable bonds is 3. The normalized spacial score (nSPS) is 19.7. The van der Waals surface area contributed by atoms with Crippen LogP contribution in [0.15, 0.2) is 65.1 Å². The van der Waals surface area contributed by atoms with E-state index < -0.39 is 0 Å². The van der Waals surface area contributed by atoms with Gasteiger partial charge in [-0.1, -0.05) is 42.2 Å². The Morgan fingerprint density at radius 1 is 1.21 bits per heavy atom. The highest BCUT2D eigenvalue weighted by atomic mass is 32.2. The second-order valence-corrected chi connectivity index (χ2v) is 8.36. The van der Waals surface area contributed by atoms with Gasteiger partial charge in [0.2, 0.25) is 5.91 Å². The summed E-state index contributed by atoms with van der Waals surface area (Å²) in [6.45, 7) is 3.41. The number of hydrogen-bond acceptors (Lipinski definition) is 5. The summed E-state index contributed by atoms with van der Waals surface area (Å²) in [6, 6.07) is 14.8. The lowest BCUT2D eigenvalue weighted by atomic mass is 10.0. The molecule has 0 radical (unpaired) electrons. The van der Waals surface area contributed by atoms with Crippen LogP contribution in [-0.4, -0.2) is 22.2 Å². The fraction of sp³-hybridized carbons (Fsp3) is 0.136. The van der Waals surface area contributed by atoms with E-state index in [9.17, 15) is 9.59 Å². The van der Waals surface area contributed by atoms with Gasteiger partial charge >= 0.3 is 0 Å². The van der Waals surface area contributed by atoms with E-state index in [0.717, 1.165) is 16.9 Å². The molecule has 5 nitrogen and oxygen atoms in total. The average Bonchev–Trinajstić information content (AvgIpc) is 2.96. The molecule has 1 fully saturated rings. The third-order valence-corrected chi connectivity index (χ3v) is 5.85. The summed E-state index contributed by atoms with van der Waals surface area (Å²) in [5, 5.41) is 2.71. The molecule has 1 saturated heterocycles. The topological polar surface area (TPSA) is 58.6 Å². The van der Waals surface area contributed by atoms with Gasteiger partial charge in [-0.2, -0.15) is 0 Å². The van der Waals surface area contributed by atoms with Crippen molar-refractivity contribution in [3.63, 3.8) is 0 Å². The Kier molecular flexibility index (Phi) is 5.25. The average molecular weight is 423 g/mol. The minimum absolute atomic E-state index is 0.148. The molecule has 7 heteroatoms. The van der Waals surface area contributed by atoms with Gasteiger partial charge in [0.15, 0.2) is 4.32 Å². The number of anilines is 2. The molecular formula is C22H18N2O3S2. The fourth-order valence-electron chi connectivity index (χ4n) is 3.16. The van der Waals surface area contributed by atoms with Crippen molar-refractivity contribution in [3.8, 4) is 5.75 Å². The third kappa shape index (κ3) is 3.97. The number of para-hydroxylation sites is 1. The summed E-state index contributed by atoms with van der Waals surface area (Å²) in [5.41, 5.74) is 3.24. The van der Waals surface area contributed by atoms with Gasteiger partial charge in [0.25, 0.3) is 5.91 Å². The Labute approximate surface area is 178 Å². The van der Waals surface area contributed by atoms with Crippen molar-refractivity contribution in [1.82, 2.24) is 0 Å². The molecule has 2 aromatic carbocycles. The van der Waals surface area contributed by atoms with E-state index in [1.807, 2.05) is 43.3 Å². The van der Waals surface area contributed by atoms with E-state index in [0.29, 0.717) is 20.6 Å². The van der Waals surface area contributed by atoms with Gasteiger partial charge < -0.3 is 10.1 Å². The molecule has 0 spiro atoms. The second kappa shape index (κ2) is 7.85. The summed E-state index contributed by atoms with van der Waals surface area (Å²) in [4.78, 5) is 26.3. The molecule has 0 aliphatic carbocycles. The van der Waals surface area contributed by atoms with Gasteiger partial charge in [0.05, 0.1) is 10.6 Å². The van der Waals surface area contributed by atoms with Crippen LogP contribution in [0.3, 0.4) is 0 Å². The number of amides is 2. The van der Waals surface area contributed by atoms with E-state index in [1.165, 1.54) is 23.6 Å². The molecule has 0 aromatic heterocycles. The molecule has 4 rings (SSSR count). The van der Waals surface area contributed by atoms with Gasteiger partial charge in [-0.3, -0.25) is 14.5 Å². The summed E-state index contributed by atoms with van der Waals surface area (Å²) in [5.74, 6) is 0.521. The third-order valence-electron chi connectivity index (χ3n) is 4.55. The van der Waals surface area contributed by atoms with Crippen molar-refractivity contribution < 1.29 is 14.3 Å². The number of carbonyl (C=O) groups excluding carboxylic acids is 2. The van der Waals surface area contributed by atoms with Crippen LogP contribution in [0.1, 0.15) is 19.4 Å². The highest BCUT2D eigenvalue weighted by Gasteiger charge is 2.34. The van der Waals surface area contributed by atoms with Crippen molar-refractivity contribution in [2.45, 2.75) is 20.0 Å². The highest BCUT2D eigenvalue weighted by Crippen LogP contribution is 2.38. The first-order chi connectivity index (χ1) is 13.9. The summed E-state index contributed by atoms with van der Waals surface area (Å²) >= 11 is 6.72. The molecule has 2 amide bonds. The zero-order valence-corrected chi connectivity index (χ0v) is 17.5. The molecule has 1 atom stereocenters. The first kappa shape index (κ1) is 19.4. The maximum Gasteiger partial charge on any atom is 0.270 e. The lowest BCUT2D eigenvalue weighted by Gasteiger charge is -2.23. The fourth-order valence-corrected chi connectivity index (χ4v) is 4.46. The van der Waals surface area contributed by atoms with Crippen molar-refractivity contribution >= 4 is 57.6 Å². The lowest BCUT2D eigenvalue weighted by Crippen LogP contribution is -2.27. The van der Waals surface area contributed by atoms with Crippen LogP contribution >= 0.6 is 24.0 Å². The molecule has 0 saturated carbocycles. The molecule has 2 aliphatic heterocycles. The number of nitrogens with zero attached hydrogens (tertiary/aromatic N) is 1. The monoisotopic (exact) mass is 422 g/mol. The van der Waals surface area contributed by atoms with E-state index in [4.69, 9.17) is 17.0 Å². The number of ether oxygens (including phenoxy) is 1. The number of thioether (sulfide) groups is 1. The molecule has 2 aromatic rings. The van der Waals surface area contributed by atoms with Gasteiger partial charge in [-0.15, -0.1) is 0 Å². The Morgan fingerprint density at radius 2 is 1.93 bits per heavy atom. The van der Waals surface area contributed by atoms with Crippen LogP contribution in [-0.2, 0) is 9.59 Å². The Bertz CT molecular complexity index is 1070. The second-order valence-electron chi connectivity index (χ2n) is 6.69. The molecule has 0 bridgehead atoms. The molecule has 29 heavy (non-hydrogen) atoms. The van der Waals surface area contributed by atoms with Gasteiger partial charge in [0.1, 0.15) is 11.9 Å². The summed E-state index contributed by atoms with van der Waals surface area (Å²) in [7, 11) is 0. The van der Waals surface area contributed by atoms with E-state index in [2.05, 4.69) is 5.32 Å². The Hall–Kier alpha value is -2.90. The largest absolute Gasteiger partial charge is 0.485 e. The van der Waals surface area contributed by atoms with Gasteiger partial charge in [-0.05, 0) is 55.0 Å². The predicted octanol–water partition coefficient (Wildman–Crippen LogP) is 4.76. The molecule has 146 valence electrons. The smallest absolute Gasteiger partial charge is 0.270 e. The van der Waals surface area contributed by atoms with Crippen LogP contribution in [0.4, 0.5) is 11.4 Å². The van der Waals surface area contributed by atoms with Crippen molar-refractivity contribution in [3.05, 3.63) is 70.6 Å². The van der Waals surface area contributed by atoms with Crippen molar-refractivity contribution in [2.75, 3.05) is 10.2 Å². The number of carbonyl (C=O) groups is 2. The highest BCUT2D eigenvalue weighted by molar-refractivity contribution is 8.27. The number of benzene rings is 2. The van der Waals surface area contributed by atoms with Crippen LogP contribution in [0.2, 0.25) is 0 Å². The molecule has 1 N–H and O–H groups in total. The molecular weight excluding hydrogens is 404 g/mol. The lowest BCUT2D eigenvalue weighted by molar-refractivity contribution is -0.114. The van der Waals surface area contributed by atoms with Gasteiger partial charge in [0, 0.05) is 18.2 Å². The SMILES string of the molecule is CC(=O)Nc1ccc(N2C(=O)/C(=C\C3=Cc4ccccc4O[C@@H]3C)SC2=S)cc1. The number of thiocarbonyl (C=S) groups is 1. The summed E-state index contributed by atoms with van der Waals surface area (Å²) < 4.78 is 6.43. The minimum Gasteiger partial charge on any atom is -0.485 e. The van der Waals surface area contributed by atoms with Gasteiger partial charge in [-0.25, -0.2) is 0 Å². The van der Waals surface area contributed by atoms with Crippen molar-refractivity contribution in [1.29, 1.82) is 0 Å². The first-order valence-corrected chi connectivity index (χ1v) is 10.3. The van der Waals surface area contributed by atoms with Crippen molar-refractivity contribution in [2.24, 2.45) is 0 Å². The van der Waals surface area contributed by atoms with Crippen LogP contribution < -0.4 is 15.0 Å². The number of nitrogens with one attached hydrogen (secondary N) is 1. The first-order valence-electron chi connectivity index (χ1n) is 9.05. The number of fused-ring (bicyclic) bond motifs is 1.